The average Bonchev–Trinajstić information content (AvgIpc) is 2.17. The first-order valence-electron chi connectivity index (χ1n) is 5.77. The van der Waals surface area contributed by atoms with Gasteiger partial charge >= 0.3 is 5.97 Å². The fourth-order valence-electron chi connectivity index (χ4n) is 2.06. The van der Waals surface area contributed by atoms with Crippen LogP contribution in [0.1, 0.15) is 27.2 Å². The second-order valence-electron chi connectivity index (χ2n) is 4.15. The number of nitrogens with zero attached hydrogens (tertiary/aromatic N) is 1. The quantitative estimate of drug-likeness (QED) is 0.697. The van der Waals surface area contributed by atoms with E-state index in [-0.39, 0.29) is 5.97 Å². The van der Waals surface area contributed by atoms with Gasteiger partial charge in [0.05, 0.1) is 13.0 Å². The third kappa shape index (κ3) is 3.80. The van der Waals surface area contributed by atoms with Crippen LogP contribution in [-0.2, 0) is 9.53 Å². The third-order valence-electron chi connectivity index (χ3n) is 2.89. The molecule has 0 aromatic rings. The van der Waals surface area contributed by atoms with Crippen molar-refractivity contribution in [3.05, 3.63) is 0 Å². The summed E-state index contributed by atoms with van der Waals surface area (Å²) in [6, 6.07) is 1.01. The molecule has 1 saturated heterocycles. The van der Waals surface area contributed by atoms with Crippen molar-refractivity contribution in [3.63, 3.8) is 0 Å². The van der Waals surface area contributed by atoms with E-state index in [4.69, 9.17) is 4.74 Å². The predicted molar refractivity (Wildman–Crippen MR) is 59.7 cm³/mol. The van der Waals surface area contributed by atoms with E-state index in [2.05, 4.69) is 24.1 Å². The van der Waals surface area contributed by atoms with Crippen LogP contribution in [0.2, 0.25) is 0 Å². The molecule has 2 atom stereocenters. The molecule has 1 heterocycles. The Hall–Kier alpha value is -0.610. The summed E-state index contributed by atoms with van der Waals surface area (Å²) in [5.41, 5.74) is 0. The lowest BCUT2D eigenvalue weighted by Crippen LogP contribution is -2.55. The molecule has 1 aliphatic heterocycles. The zero-order chi connectivity index (χ0) is 11.3. The minimum absolute atomic E-state index is 0.0876. The highest BCUT2D eigenvalue weighted by Crippen LogP contribution is 2.10. The van der Waals surface area contributed by atoms with Crippen molar-refractivity contribution in [2.45, 2.75) is 39.3 Å². The third-order valence-corrected chi connectivity index (χ3v) is 2.89. The van der Waals surface area contributed by atoms with E-state index >= 15 is 0 Å². The molecule has 0 radical (unpaired) electrons. The number of esters is 1. The number of piperazine rings is 1. The highest BCUT2D eigenvalue weighted by atomic mass is 16.5. The van der Waals surface area contributed by atoms with E-state index < -0.39 is 0 Å². The molecule has 88 valence electrons. The monoisotopic (exact) mass is 214 g/mol. The summed E-state index contributed by atoms with van der Waals surface area (Å²) in [4.78, 5) is 13.6. The van der Waals surface area contributed by atoms with Crippen LogP contribution in [0, 0.1) is 0 Å². The number of carbonyl (C=O) groups is 1. The smallest absolute Gasteiger partial charge is 0.307 e. The fraction of sp³-hybridized carbons (Fsp3) is 0.909. The summed E-state index contributed by atoms with van der Waals surface area (Å²) < 4.78 is 4.92. The van der Waals surface area contributed by atoms with Gasteiger partial charge in [-0.2, -0.15) is 0 Å². The number of hydrogen-bond donors (Lipinski definition) is 1. The molecule has 1 N–H and O–H groups in total. The van der Waals surface area contributed by atoms with Gasteiger partial charge in [-0.05, 0) is 20.8 Å². The molecular formula is C11H22N2O2. The van der Waals surface area contributed by atoms with Gasteiger partial charge in [0.25, 0.3) is 0 Å². The molecule has 0 aliphatic carbocycles. The summed E-state index contributed by atoms with van der Waals surface area (Å²) in [7, 11) is 0. The van der Waals surface area contributed by atoms with Crippen molar-refractivity contribution in [2.24, 2.45) is 0 Å². The highest BCUT2D eigenvalue weighted by molar-refractivity contribution is 5.69. The highest BCUT2D eigenvalue weighted by Gasteiger charge is 2.24. The largest absolute Gasteiger partial charge is 0.466 e. The first kappa shape index (κ1) is 12.5. The maximum atomic E-state index is 11.2. The van der Waals surface area contributed by atoms with E-state index in [1.54, 1.807) is 0 Å². The normalized spacial score (nSPS) is 27.7. The number of carbonyl (C=O) groups excluding carboxylic acids is 1. The van der Waals surface area contributed by atoms with Gasteiger partial charge in [-0.3, -0.25) is 9.69 Å². The molecule has 4 nitrogen and oxygen atoms in total. The van der Waals surface area contributed by atoms with E-state index in [9.17, 15) is 4.79 Å². The summed E-state index contributed by atoms with van der Waals surface area (Å²) in [6.45, 7) is 9.52. The molecule has 0 spiro atoms. The Morgan fingerprint density at radius 1 is 1.40 bits per heavy atom. The Kier molecular flexibility index (Phi) is 5.05. The van der Waals surface area contributed by atoms with E-state index in [1.807, 2.05) is 6.92 Å². The average molecular weight is 214 g/mol. The SMILES string of the molecule is CCOC(=O)CCN1[C@H](C)CNC[C@@H]1C. The number of rotatable bonds is 4. The minimum Gasteiger partial charge on any atom is -0.466 e. The van der Waals surface area contributed by atoms with Gasteiger partial charge in [-0.1, -0.05) is 0 Å². The van der Waals surface area contributed by atoms with Crippen molar-refractivity contribution >= 4 is 5.97 Å². The van der Waals surface area contributed by atoms with E-state index in [0.29, 0.717) is 25.1 Å². The summed E-state index contributed by atoms with van der Waals surface area (Å²) in [6.07, 6.45) is 0.502. The van der Waals surface area contributed by atoms with Gasteiger partial charge in [-0.15, -0.1) is 0 Å². The van der Waals surface area contributed by atoms with Crippen LogP contribution in [0.3, 0.4) is 0 Å². The van der Waals surface area contributed by atoms with Crippen molar-refractivity contribution < 1.29 is 9.53 Å². The minimum atomic E-state index is -0.0876. The van der Waals surface area contributed by atoms with Crippen LogP contribution in [-0.4, -0.2) is 49.2 Å². The molecular weight excluding hydrogens is 192 g/mol. The molecule has 0 unspecified atom stereocenters. The van der Waals surface area contributed by atoms with Crippen LogP contribution < -0.4 is 5.32 Å². The van der Waals surface area contributed by atoms with Crippen LogP contribution in [0.25, 0.3) is 0 Å². The van der Waals surface area contributed by atoms with Crippen molar-refractivity contribution in [3.8, 4) is 0 Å². The first-order chi connectivity index (χ1) is 7.15. The van der Waals surface area contributed by atoms with Crippen molar-refractivity contribution in [1.82, 2.24) is 10.2 Å². The van der Waals surface area contributed by atoms with Crippen LogP contribution in [0.4, 0.5) is 0 Å². The number of hydrogen-bond acceptors (Lipinski definition) is 4. The first-order valence-corrected chi connectivity index (χ1v) is 5.77. The molecule has 0 aromatic heterocycles. The Bertz CT molecular complexity index is 199. The molecule has 1 aliphatic rings. The van der Waals surface area contributed by atoms with E-state index in [0.717, 1.165) is 19.6 Å². The zero-order valence-corrected chi connectivity index (χ0v) is 9.95. The fourth-order valence-corrected chi connectivity index (χ4v) is 2.06. The number of ether oxygens (including phenoxy) is 1. The van der Waals surface area contributed by atoms with Gasteiger partial charge in [0.2, 0.25) is 0 Å². The van der Waals surface area contributed by atoms with Gasteiger partial charge in [-0.25, -0.2) is 0 Å². The molecule has 1 rings (SSSR count). The van der Waals surface area contributed by atoms with Crippen LogP contribution >= 0.6 is 0 Å². The molecule has 0 saturated carbocycles. The lowest BCUT2D eigenvalue weighted by atomic mass is 10.1. The maximum Gasteiger partial charge on any atom is 0.307 e. The predicted octanol–water partition coefficient (Wildman–Crippen LogP) is 0.622. The molecule has 1 fully saturated rings. The summed E-state index contributed by atoms with van der Waals surface area (Å²) >= 11 is 0. The molecule has 0 amide bonds. The second kappa shape index (κ2) is 6.08. The Balaban J connectivity index is 2.32. The van der Waals surface area contributed by atoms with Gasteiger partial charge in [0, 0.05) is 31.7 Å². The Labute approximate surface area is 92.0 Å². The van der Waals surface area contributed by atoms with Crippen molar-refractivity contribution in [2.75, 3.05) is 26.2 Å². The molecule has 0 aromatic carbocycles. The van der Waals surface area contributed by atoms with Crippen LogP contribution in [0.15, 0.2) is 0 Å². The molecule has 0 bridgehead atoms. The topological polar surface area (TPSA) is 41.6 Å². The maximum absolute atomic E-state index is 11.2. The standard InChI is InChI=1S/C11H22N2O2/c1-4-15-11(14)5-6-13-9(2)7-12-8-10(13)3/h9-10,12H,4-8H2,1-3H3/t9-,10+. The second-order valence-corrected chi connectivity index (χ2v) is 4.15. The zero-order valence-electron chi connectivity index (χ0n) is 9.95. The summed E-state index contributed by atoms with van der Waals surface area (Å²) in [5.74, 6) is -0.0876. The molecule has 15 heavy (non-hydrogen) atoms. The van der Waals surface area contributed by atoms with Crippen LogP contribution in [0.5, 0.6) is 0 Å². The van der Waals surface area contributed by atoms with Gasteiger partial charge < -0.3 is 10.1 Å². The summed E-state index contributed by atoms with van der Waals surface area (Å²) in [5, 5.41) is 3.37. The van der Waals surface area contributed by atoms with E-state index in [1.165, 1.54) is 0 Å². The lowest BCUT2D eigenvalue weighted by molar-refractivity contribution is -0.143. The van der Waals surface area contributed by atoms with Gasteiger partial charge in [0.1, 0.15) is 0 Å². The van der Waals surface area contributed by atoms with Crippen molar-refractivity contribution in [1.29, 1.82) is 0 Å². The van der Waals surface area contributed by atoms with Gasteiger partial charge in [0.15, 0.2) is 0 Å². The Morgan fingerprint density at radius 2 is 2.00 bits per heavy atom. The number of nitrogens with one attached hydrogen (secondary N) is 1. The Morgan fingerprint density at radius 3 is 2.53 bits per heavy atom. The molecule has 4 heteroatoms. The lowest BCUT2D eigenvalue weighted by Gasteiger charge is -2.39.